The van der Waals surface area contributed by atoms with Gasteiger partial charge in [0.25, 0.3) is 0 Å². The van der Waals surface area contributed by atoms with Crippen LogP contribution < -0.4 is 5.32 Å². The molecular formula is C16H10BrNO4S. The second-order valence-corrected chi connectivity index (χ2v) is 6.70. The van der Waals surface area contributed by atoms with Gasteiger partial charge in [-0.15, -0.1) is 11.3 Å². The van der Waals surface area contributed by atoms with Crippen LogP contribution in [0.3, 0.4) is 0 Å². The van der Waals surface area contributed by atoms with E-state index in [2.05, 4.69) is 26.0 Å². The molecule has 0 saturated heterocycles. The van der Waals surface area contributed by atoms with Crippen molar-refractivity contribution in [3.05, 3.63) is 61.9 Å². The molecule has 116 valence electrons. The maximum Gasteiger partial charge on any atom is 0.348 e. The summed E-state index contributed by atoms with van der Waals surface area (Å²) in [7, 11) is 1.25. The summed E-state index contributed by atoms with van der Waals surface area (Å²) in [5, 5.41) is 2.94. The Morgan fingerprint density at radius 2 is 1.91 bits per heavy atom. The van der Waals surface area contributed by atoms with Crippen LogP contribution >= 0.6 is 27.3 Å². The lowest BCUT2D eigenvalue weighted by atomic mass is 10.00. The highest BCUT2D eigenvalue weighted by molar-refractivity contribution is 9.10. The zero-order valence-corrected chi connectivity index (χ0v) is 14.3. The molecule has 1 heterocycles. The molecule has 0 atom stereocenters. The van der Waals surface area contributed by atoms with Crippen LogP contribution in [0.2, 0.25) is 0 Å². The lowest BCUT2D eigenvalue weighted by Gasteiger charge is -2.13. The van der Waals surface area contributed by atoms with Gasteiger partial charge in [0.15, 0.2) is 5.78 Å². The van der Waals surface area contributed by atoms with Gasteiger partial charge in [-0.05, 0) is 30.3 Å². The van der Waals surface area contributed by atoms with Crippen molar-refractivity contribution in [2.75, 3.05) is 12.4 Å². The number of carbonyl (C=O) groups excluding carboxylic acids is 3. The topological polar surface area (TPSA) is 72.5 Å². The van der Waals surface area contributed by atoms with E-state index >= 15 is 0 Å². The van der Waals surface area contributed by atoms with Crippen LogP contribution in [-0.4, -0.2) is 24.6 Å². The zero-order valence-electron chi connectivity index (χ0n) is 11.9. The number of rotatable bonds is 3. The molecule has 1 N–H and O–H groups in total. The van der Waals surface area contributed by atoms with E-state index in [-0.39, 0.29) is 32.6 Å². The number of thiophene rings is 1. The van der Waals surface area contributed by atoms with Crippen LogP contribution in [0.5, 0.6) is 0 Å². The van der Waals surface area contributed by atoms with E-state index in [4.69, 9.17) is 0 Å². The van der Waals surface area contributed by atoms with Gasteiger partial charge < -0.3 is 10.1 Å². The number of benzene rings is 1. The van der Waals surface area contributed by atoms with Crippen molar-refractivity contribution in [2.24, 2.45) is 0 Å². The van der Waals surface area contributed by atoms with Crippen molar-refractivity contribution in [1.82, 2.24) is 0 Å². The van der Waals surface area contributed by atoms with Crippen molar-refractivity contribution in [3.8, 4) is 0 Å². The molecule has 0 saturated carbocycles. The summed E-state index contributed by atoms with van der Waals surface area (Å²) in [5.74, 6) is -1.19. The predicted octanol–water partition coefficient (Wildman–Crippen LogP) is 3.67. The summed E-state index contributed by atoms with van der Waals surface area (Å²) < 4.78 is 5.54. The molecule has 1 aliphatic rings. The fourth-order valence-corrected chi connectivity index (χ4v) is 3.38. The highest BCUT2D eigenvalue weighted by Gasteiger charge is 2.30. The number of ketones is 2. The van der Waals surface area contributed by atoms with Crippen LogP contribution in [0.1, 0.15) is 29.7 Å². The van der Waals surface area contributed by atoms with E-state index in [0.29, 0.717) is 5.69 Å². The van der Waals surface area contributed by atoms with Crippen LogP contribution in [0, 0.1) is 0 Å². The number of hydrogen-bond donors (Lipinski definition) is 1. The van der Waals surface area contributed by atoms with Gasteiger partial charge in [-0.3, -0.25) is 9.59 Å². The van der Waals surface area contributed by atoms with Gasteiger partial charge in [0.05, 0.1) is 17.7 Å². The molecule has 0 bridgehead atoms. The zero-order chi connectivity index (χ0) is 16.6. The minimum atomic E-state index is -0.563. The van der Waals surface area contributed by atoms with E-state index in [0.717, 1.165) is 15.8 Å². The lowest BCUT2D eigenvalue weighted by Crippen LogP contribution is -2.19. The second-order valence-electron chi connectivity index (χ2n) is 4.73. The number of methoxy groups -OCH3 is 1. The maximum absolute atomic E-state index is 12.5. The Hall–Kier alpha value is -2.25. The molecule has 0 unspecified atom stereocenters. The summed E-state index contributed by atoms with van der Waals surface area (Å²) in [6.45, 7) is 0. The minimum Gasteiger partial charge on any atom is -0.465 e. The van der Waals surface area contributed by atoms with Crippen molar-refractivity contribution < 1.29 is 19.1 Å². The van der Waals surface area contributed by atoms with Gasteiger partial charge in [0.1, 0.15) is 4.88 Å². The Labute approximate surface area is 144 Å². The third-order valence-electron chi connectivity index (χ3n) is 3.23. The quantitative estimate of drug-likeness (QED) is 0.807. The number of anilines is 1. The number of ether oxygens (including phenoxy) is 1. The molecule has 7 heteroatoms. The Balaban J connectivity index is 1.92. The van der Waals surface area contributed by atoms with E-state index in [1.165, 1.54) is 19.3 Å². The van der Waals surface area contributed by atoms with Crippen LogP contribution in [0.25, 0.3) is 0 Å². The van der Waals surface area contributed by atoms with Crippen molar-refractivity contribution in [2.45, 2.75) is 0 Å². The predicted molar refractivity (Wildman–Crippen MR) is 90.2 cm³/mol. The Morgan fingerprint density at radius 3 is 2.57 bits per heavy atom. The summed E-state index contributed by atoms with van der Waals surface area (Å²) >= 11 is 4.30. The molecule has 23 heavy (non-hydrogen) atoms. The summed E-state index contributed by atoms with van der Waals surface area (Å²) in [5.41, 5.74) is 1.09. The lowest BCUT2D eigenvalue weighted by molar-refractivity contribution is 0.0606. The largest absolute Gasteiger partial charge is 0.465 e. The maximum atomic E-state index is 12.5. The molecule has 1 aromatic heterocycles. The van der Waals surface area contributed by atoms with Gasteiger partial charge in [-0.25, -0.2) is 4.79 Å². The van der Waals surface area contributed by atoms with Gasteiger partial charge in [0, 0.05) is 21.8 Å². The third-order valence-corrected chi connectivity index (χ3v) is 4.89. The molecular weight excluding hydrogens is 382 g/mol. The first kappa shape index (κ1) is 15.6. The van der Waals surface area contributed by atoms with E-state index in [1.807, 2.05) is 12.1 Å². The monoisotopic (exact) mass is 391 g/mol. The van der Waals surface area contributed by atoms with Crippen molar-refractivity contribution in [3.63, 3.8) is 0 Å². The number of carbonyl (C=O) groups is 3. The number of allylic oxidation sites excluding steroid dienone is 2. The first-order valence-corrected chi connectivity index (χ1v) is 8.16. The van der Waals surface area contributed by atoms with Gasteiger partial charge in [-0.2, -0.15) is 0 Å². The molecule has 0 amide bonds. The van der Waals surface area contributed by atoms with Gasteiger partial charge in [-0.1, -0.05) is 15.9 Å². The molecule has 2 aromatic rings. The van der Waals surface area contributed by atoms with Crippen molar-refractivity contribution in [1.29, 1.82) is 0 Å². The average Bonchev–Trinajstić information content (AvgIpc) is 3.00. The standard InChI is InChI=1S/C16H10BrNO4S/c1-22-16(21)13-6-10-14(20)11(7-12(19)15(10)23-13)18-9-4-2-8(17)3-5-9/h2-7,18H,1H3. The van der Waals surface area contributed by atoms with Gasteiger partial charge >= 0.3 is 5.97 Å². The highest BCUT2D eigenvalue weighted by atomic mass is 79.9. The SMILES string of the molecule is COC(=O)c1cc2c(s1)C(=O)C=C(Nc1ccc(Br)cc1)C2=O. The number of Topliss-reactive ketones (excluding diaryl/α,β-unsaturated/α-hetero) is 1. The second kappa shape index (κ2) is 6.10. The fourth-order valence-electron chi connectivity index (χ4n) is 2.13. The normalized spacial score (nSPS) is 13.4. The summed E-state index contributed by atoms with van der Waals surface area (Å²) in [4.78, 5) is 36.8. The van der Waals surface area contributed by atoms with Crippen molar-refractivity contribution >= 4 is 50.5 Å². The molecule has 0 aliphatic heterocycles. The van der Waals surface area contributed by atoms with E-state index in [1.54, 1.807) is 12.1 Å². The Kier molecular flexibility index (Phi) is 4.14. The Bertz CT molecular complexity index is 851. The molecule has 0 radical (unpaired) electrons. The Morgan fingerprint density at radius 1 is 1.22 bits per heavy atom. The number of hydrogen-bond acceptors (Lipinski definition) is 6. The molecule has 1 aromatic carbocycles. The number of esters is 1. The third kappa shape index (κ3) is 2.97. The molecule has 3 rings (SSSR count). The molecule has 5 nitrogen and oxygen atoms in total. The first-order chi connectivity index (χ1) is 11.0. The number of halogens is 1. The summed E-state index contributed by atoms with van der Waals surface area (Å²) in [6, 6.07) is 8.62. The van der Waals surface area contributed by atoms with E-state index in [9.17, 15) is 14.4 Å². The molecule has 0 fully saturated rings. The number of nitrogens with one attached hydrogen (secondary N) is 1. The van der Waals surface area contributed by atoms with Crippen LogP contribution in [-0.2, 0) is 4.74 Å². The number of fused-ring (bicyclic) bond motifs is 1. The molecule has 1 aliphatic carbocycles. The summed E-state index contributed by atoms with van der Waals surface area (Å²) in [6.07, 6.45) is 1.25. The van der Waals surface area contributed by atoms with Crippen LogP contribution in [0.15, 0.2) is 46.6 Å². The molecule has 0 spiro atoms. The van der Waals surface area contributed by atoms with Crippen LogP contribution in [0.4, 0.5) is 5.69 Å². The van der Waals surface area contributed by atoms with Gasteiger partial charge in [0.2, 0.25) is 5.78 Å². The minimum absolute atomic E-state index is 0.180. The smallest absolute Gasteiger partial charge is 0.348 e. The van der Waals surface area contributed by atoms with E-state index < -0.39 is 5.97 Å². The fraction of sp³-hybridized carbons (Fsp3) is 0.0625. The highest BCUT2D eigenvalue weighted by Crippen LogP contribution is 2.30. The average molecular weight is 392 g/mol. The first-order valence-electron chi connectivity index (χ1n) is 6.55.